The minimum atomic E-state index is -2.97. The van der Waals surface area contributed by atoms with Gasteiger partial charge in [0.25, 0.3) is 0 Å². The average Bonchev–Trinajstić information content (AvgIpc) is 2.67. The van der Waals surface area contributed by atoms with E-state index in [0.29, 0.717) is 18.0 Å². The third-order valence-corrected chi connectivity index (χ3v) is 5.36. The summed E-state index contributed by atoms with van der Waals surface area (Å²) in [7, 11) is -1.13. The molecule has 0 spiro atoms. The Hall–Kier alpha value is -1.11. The van der Waals surface area contributed by atoms with E-state index in [1.54, 1.807) is 6.07 Å². The molecule has 116 valence electrons. The van der Waals surface area contributed by atoms with Crippen molar-refractivity contribution in [1.29, 1.82) is 0 Å². The first kappa shape index (κ1) is 16.3. The van der Waals surface area contributed by atoms with E-state index in [2.05, 4.69) is 5.32 Å². The molecule has 1 amide bonds. The fourth-order valence-electron chi connectivity index (χ4n) is 2.43. The van der Waals surface area contributed by atoms with Gasteiger partial charge in [0.1, 0.15) is 0 Å². The van der Waals surface area contributed by atoms with Crippen LogP contribution >= 0.6 is 11.6 Å². The second-order valence-electron chi connectivity index (χ2n) is 5.47. The second kappa shape index (κ2) is 6.77. The molecule has 5 nitrogen and oxygen atoms in total. The molecule has 1 aliphatic rings. The Morgan fingerprint density at radius 3 is 2.86 bits per heavy atom. The molecule has 1 fully saturated rings. The highest BCUT2D eigenvalue weighted by Gasteiger charge is 2.28. The van der Waals surface area contributed by atoms with E-state index < -0.39 is 9.84 Å². The summed E-state index contributed by atoms with van der Waals surface area (Å²) < 4.78 is 22.7. The van der Waals surface area contributed by atoms with Crippen molar-refractivity contribution in [2.75, 3.05) is 25.1 Å². The maximum absolute atomic E-state index is 11.9. The molecule has 1 aliphatic heterocycles. The minimum absolute atomic E-state index is 0.0523. The van der Waals surface area contributed by atoms with Crippen LogP contribution in [0.5, 0.6) is 0 Å². The van der Waals surface area contributed by atoms with Crippen molar-refractivity contribution in [3.05, 3.63) is 34.9 Å². The monoisotopic (exact) mass is 330 g/mol. The zero-order chi connectivity index (χ0) is 15.5. The highest BCUT2D eigenvalue weighted by atomic mass is 35.5. The zero-order valence-corrected chi connectivity index (χ0v) is 13.5. The fourth-order valence-corrected chi connectivity index (χ4v) is 4.32. The number of hydrogen-bond acceptors (Lipinski definition) is 4. The van der Waals surface area contributed by atoms with Crippen molar-refractivity contribution < 1.29 is 13.2 Å². The number of sulfone groups is 1. The molecule has 0 saturated carbocycles. The molecule has 1 N–H and O–H groups in total. The van der Waals surface area contributed by atoms with Gasteiger partial charge in [0.15, 0.2) is 9.84 Å². The Morgan fingerprint density at radius 2 is 2.24 bits per heavy atom. The normalized spacial score (nSPS) is 20.6. The number of benzene rings is 1. The van der Waals surface area contributed by atoms with Crippen LogP contribution in [0.25, 0.3) is 0 Å². The minimum Gasteiger partial charge on any atom is -0.351 e. The third-order valence-electron chi connectivity index (χ3n) is 3.35. The quantitative estimate of drug-likeness (QED) is 0.877. The number of halogens is 1. The molecule has 0 aliphatic carbocycles. The Morgan fingerprint density at radius 1 is 1.48 bits per heavy atom. The molecule has 1 aromatic carbocycles. The molecule has 21 heavy (non-hydrogen) atoms. The number of nitrogens with zero attached hydrogens (tertiary/aromatic N) is 1. The summed E-state index contributed by atoms with van der Waals surface area (Å²) in [4.78, 5) is 13.8. The SMILES string of the molecule is CN(CC(=O)N[C@@H]1CCS(=O)(=O)C1)Cc1cccc(Cl)c1. The highest BCUT2D eigenvalue weighted by molar-refractivity contribution is 7.91. The molecule has 0 unspecified atom stereocenters. The van der Waals surface area contributed by atoms with Gasteiger partial charge in [0.05, 0.1) is 18.1 Å². The summed E-state index contributed by atoms with van der Waals surface area (Å²) >= 11 is 5.92. The standard InChI is InChI=1S/C14H19ClN2O3S/c1-17(8-11-3-2-4-12(15)7-11)9-14(18)16-13-5-6-21(19,20)10-13/h2-4,7,13H,5-6,8-10H2,1H3,(H,16,18)/t13-/m1/s1. The van der Waals surface area contributed by atoms with Gasteiger partial charge in [-0.15, -0.1) is 0 Å². The Bertz CT molecular complexity index is 618. The molecule has 0 radical (unpaired) electrons. The summed E-state index contributed by atoms with van der Waals surface area (Å²) in [6, 6.07) is 7.23. The Labute approximate surface area is 130 Å². The van der Waals surface area contributed by atoms with Crippen LogP contribution in [-0.2, 0) is 21.2 Å². The van der Waals surface area contributed by atoms with Crippen molar-refractivity contribution in [3.63, 3.8) is 0 Å². The summed E-state index contributed by atoms with van der Waals surface area (Å²) in [6.07, 6.45) is 0.506. The van der Waals surface area contributed by atoms with Gasteiger partial charge in [0, 0.05) is 17.6 Å². The van der Waals surface area contributed by atoms with Crippen LogP contribution in [0.4, 0.5) is 0 Å². The van der Waals surface area contributed by atoms with Crippen molar-refractivity contribution in [1.82, 2.24) is 10.2 Å². The van der Waals surface area contributed by atoms with Crippen LogP contribution in [0.3, 0.4) is 0 Å². The van der Waals surface area contributed by atoms with E-state index in [0.717, 1.165) is 5.56 Å². The molecular formula is C14H19ClN2O3S. The maximum Gasteiger partial charge on any atom is 0.234 e. The van der Waals surface area contributed by atoms with Crippen molar-refractivity contribution in [2.24, 2.45) is 0 Å². The lowest BCUT2D eigenvalue weighted by atomic mass is 10.2. The van der Waals surface area contributed by atoms with Crippen LogP contribution in [-0.4, -0.2) is 50.4 Å². The molecule has 2 rings (SSSR count). The van der Waals surface area contributed by atoms with E-state index >= 15 is 0 Å². The van der Waals surface area contributed by atoms with Gasteiger partial charge in [-0.2, -0.15) is 0 Å². The first-order chi connectivity index (χ1) is 9.84. The smallest absolute Gasteiger partial charge is 0.234 e. The highest BCUT2D eigenvalue weighted by Crippen LogP contribution is 2.13. The summed E-state index contributed by atoms with van der Waals surface area (Å²) in [5.74, 6) is 0.0641. The van der Waals surface area contributed by atoms with E-state index in [1.807, 2.05) is 30.1 Å². The predicted molar refractivity (Wildman–Crippen MR) is 83.0 cm³/mol. The van der Waals surface area contributed by atoms with Crippen molar-refractivity contribution in [2.45, 2.75) is 19.0 Å². The van der Waals surface area contributed by atoms with E-state index in [1.165, 1.54) is 0 Å². The van der Waals surface area contributed by atoms with Gasteiger partial charge in [-0.1, -0.05) is 23.7 Å². The molecule has 1 atom stereocenters. The molecule has 0 bridgehead atoms. The van der Waals surface area contributed by atoms with Gasteiger partial charge in [-0.25, -0.2) is 8.42 Å². The number of nitrogens with one attached hydrogen (secondary N) is 1. The van der Waals surface area contributed by atoms with E-state index in [9.17, 15) is 13.2 Å². The zero-order valence-electron chi connectivity index (χ0n) is 11.9. The lowest BCUT2D eigenvalue weighted by Gasteiger charge is -2.18. The number of rotatable bonds is 5. The molecule has 0 aromatic heterocycles. The van der Waals surface area contributed by atoms with Gasteiger partial charge in [0.2, 0.25) is 5.91 Å². The van der Waals surface area contributed by atoms with Crippen LogP contribution < -0.4 is 5.32 Å². The number of amides is 1. The van der Waals surface area contributed by atoms with Crippen molar-refractivity contribution >= 4 is 27.3 Å². The van der Waals surface area contributed by atoms with Gasteiger partial charge in [-0.05, 0) is 31.2 Å². The Kier molecular flexibility index (Phi) is 5.24. The number of likely N-dealkylation sites (N-methyl/N-ethyl adjacent to an activating group) is 1. The topological polar surface area (TPSA) is 66.5 Å². The first-order valence-electron chi connectivity index (χ1n) is 6.77. The van der Waals surface area contributed by atoms with Gasteiger partial charge >= 0.3 is 0 Å². The maximum atomic E-state index is 11.9. The summed E-state index contributed by atoms with van der Waals surface area (Å²) in [5.41, 5.74) is 1.03. The lowest BCUT2D eigenvalue weighted by Crippen LogP contribution is -2.41. The van der Waals surface area contributed by atoms with Crippen LogP contribution in [0.2, 0.25) is 5.02 Å². The number of carbonyl (C=O) groups is 1. The third kappa shape index (κ3) is 5.30. The summed E-state index contributed by atoms with van der Waals surface area (Å²) in [6.45, 7) is 0.833. The molecule has 1 aromatic rings. The fraction of sp³-hybridized carbons (Fsp3) is 0.500. The second-order valence-corrected chi connectivity index (χ2v) is 8.13. The molecular weight excluding hydrogens is 312 g/mol. The Balaban J connectivity index is 1.80. The molecule has 7 heteroatoms. The van der Waals surface area contributed by atoms with Gasteiger partial charge < -0.3 is 5.32 Å². The molecule has 1 heterocycles. The number of carbonyl (C=O) groups excluding carboxylic acids is 1. The largest absolute Gasteiger partial charge is 0.351 e. The first-order valence-corrected chi connectivity index (χ1v) is 8.97. The van der Waals surface area contributed by atoms with Crippen LogP contribution in [0, 0.1) is 0 Å². The molecule has 1 saturated heterocycles. The number of hydrogen-bond donors (Lipinski definition) is 1. The van der Waals surface area contributed by atoms with E-state index in [4.69, 9.17) is 11.6 Å². The van der Waals surface area contributed by atoms with Crippen LogP contribution in [0.15, 0.2) is 24.3 Å². The van der Waals surface area contributed by atoms with Crippen molar-refractivity contribution in [3.8, 4) is 0 Å². The lowest BCUT2D eigenvalue weighted by molar-refractivity contribution is -0.122. The average molecular weight is 331 g/mol. The van der Waals surface area contributed by atoms with Gasteiger partial charge in [-0.3, -0.25) is 9.69 Å². The van der Waals surface area contributed by atoms with Crippen LogP contribution in [0.1, 0.15) is 12.0 Å². The predicted octanol–water partition coefficient (Wildman–Crippen LogP) is 1.08. The summed E-state index contributed by atoms with van der Waals surface area (Å²) in [5, 5.41) is 3.44. The van der Waals surface area contributed by atoms with E-state index in [-0.39, 0.29) is 30.0 Å².